The van der Waals surface area contributed by atoms with Gasteiger partial charge in [0.15, 0.2) is 0 Å². The number of fused-ring (bicyclic) bond motifs is 1. The van der Waals surface area contributed by atoms with Crippen LogP contribution in [0, 0.1) is 10.1 Å². The standard InChI is InChI=1S/C21H15NO4/c23-20-21(16-6-2-1-3-7-16,18-8-4-5-9-19(18)26-20)14-15-10-12-17(13-11-15)22(24)25/h1-13H,14H2/t21-/m0/s1. The number of benzene rings is 3. The molecule has 0 N–H and O–H groups in total. The van der Waals surface area contributed by atoms with Crippen molar-refractivity contribution in [2.24, 2.45) is 0 Å². The van der Waals surface area contributed by atoms with Crippen LogP contribution in [0.15, 0.2) is 78.9 Å². The van der Waals surface area contributed by atoms with E-state index < -0.39 is 10.3 Å². The second kappa shape index (κ2) is 6.11. The molecule has 1 aliphatic rings. The lowest BCUT2D eigenvalue weighted by Crippen LogP contribution is -2.37. The highest BCUT2D eigenvalue weighted by Crippen LogP contribution is 2.46. The fourth-order valence-electron chi connectivity index (χ4n) is 3.51. The average molecular weight is 345 g/mol. The van der Waals surface area contributed by atoms with Crippen LogP contribution in [0.25, 0.3) is 0 Å². The van der Waals surface area contributed by atoms with E-state index in [-0.39, 0.29) is 11.7 Å². The van der Waals surface area contributed by atoms with Crippen molar-refractivity contribution in [3.63, 3.8) is 0 Å². The highest BCUT2D eigenvalue weighted by Gasteiger charge is 2.50. The molecule has 0 radical (unpaired) electrons. The van der Waals surface area contributed by atoms with Gasteiger partial charge in [-0.05, 0) is 23.6 Å². The summed E-state index contributed by atoms with van der Waals surface area (Å²) in [5.74, 6) is 0.228. The van der Waals surface area contributed by atoms with Crippen LogP contribution in [0.4, 0.5) is 5.69 Å². The fourth-order valence-corrected chi connectivity index (χ4v) is 3.51. The van der Waals surface area contributed by atoms with E-state index in [2.05, 4.69) is 0 Å². The molecule has 0 amide bonds. The minimum absolute atomic E-state index is 0.0249. The number of non-ortho nitro benzene ring substituents is 1. The second-order valence-electron chi connectivity index (χ2n) is 6.26. The van der Waals surface area contributed by atoms with Crippen molar-refractivity contribution in [1.82, 2.24) is 0 Å². The Morgan fingerprint density at radius 2 is 1.54 bits per heavy atom. The van der Waals surface area contributed by atoms with Crippen LogP contribution in [-0.2, 0) is 16.6 Å². The van der Waals surface area contributed by atoms with Crippen LogP contribution in [0.5, 0.6) is 5.75 Å². The van der Waals surface area contributed by atoms with E-state index in [1.807, 2.05) is 48.5 Å². The van der Waals surface area contributed by atoms with Gasteiger partial charge in [-0.3, -0.25) is 14.9 Å². The summed E-state index contributed by atoms with van der Waals surface area (Å²) in [5, 5.41) is 10.9. The van der Waals surface area contributed by atoms with Crippen molar-refractivity contribution >= 4 is 11.7 Å². The molecule has 0 unspecified atom stereocenters. The Hall–Kier alpha value is -3.47. The predicted octanol–water partition coefficient (Wildman–Crippen LogP) is 4.04. The SMILES string of the molecule is O=C1Oc2ccccc2[C@]1(Cc1ccc([N+](=O)[O-])cc1)c1ccccc1. The molecule has 5 nitrogen and oxygen atoms in total. The van der Waals surface area contributed by atoms with Gasteiger partial charge in [0.25, 0.3) is 5.69 Å². The van der Waals surface area contributed by atoms with Gasteiger partial charge in [0, 0.05) is 17.7 Å². The summed E-state index contributed by atoms with van der Waals surface area (Å²) in [7, 11) is 0. The summed E-state index contributed by atoms with van der Waals surface area (Å²) in [5.41, 5.74) is 1.54. The Kier molecular flexibility index (Phi) is 3.77. The molecule has 3 aromatic carbocycles. The Morgan fingerprint density at radius 3 is 2.23 bits per heavy atom. The number of ether oxygens (including phenoxy) is 1. The molecule has 5 heteroatoms. The number of para-hydroxylation sites is 1. The van der Waals surface area contributed by atoms with Crippen molar-refractivity contribution in [3.8, 4) is 5.75 Å². The van der Waals surface area contributed by atoms with Crippen LogP contribution < -0.4 is 4.74 Å². The Morgan fingerprint density at radius 1 is 0.885 bits per heavy atom. The van der Waals surface area contributed by atoms with Crippen molar-refractivity contribution in [2.75, 3.05) is 0 Å². The van der Waals surface area contributed by atoms with Crippen LogP contribution in [0.2, 0.25) is 0 Å². The van der Waals surface area contributed by atoms with Gasteiger partial charge in [0.1, 0.15) is 11.2 Å². The molecule has 26 heavy (non-hydrogen) atoms. The zero-order valence-corrected chi connectivity index (χ0v) is 13.8. The molecule has 0 fully saturated rings. The van der Waals surface area contributed by atoms with Gasteiger partial charge >= 0.3 is 5.97 Å². The number of hydrogen-bond acceptors (Lipinski definition) is 4. The van der Waals surface area contributed by atoms with Crippen LogP contribution >= 0.6 is 0 Å². The van der Waals surface area contributed by atoms with Gasteiger partial charge in [-0.1, -0.05) is 60.7 Å². The molecule has 4 rings (SSSR count). The number of rotatable bonds is 4. The number of carbonyl (C=O) groups excluding carboxylic acids is 1. The van der Waals surface area contributed by atoms with Crippen LogP contribution in [0.3, 0.4) is 0 Å². The van der Waals surface area contributed by atoms with Gasteiger partial charge in [-0.15, -0.1) is 0 Å². The zero-order chi connectivity index (χ0) is 18.1. The van der Waals surface area contributed by atoms with Crippen LogP contribution in [0.1, 0.15) is 16.7 Å². The number of nitro benzene ring substituents is 1. The fraction of sp³-hybridized carbons (Fsp3) is 0.0952. The van der Waals surface area contributed by atoms with E-state index in [4.69, 9.17) is 4.74 Å². The molecule has 1 aliphatic heterocycles. The third kappa shape index (κ3) is 2.45. The predicted molar refractivity (Wildman–Crippen MR) is 96.1 cm³/mol. The lowest BCUT2D eigenvalue weighted by Gasteiger charge is -2.27. The summed E-state index contributed by atoms with van der Waals surface area (Å²) >= 11 is 0. The normalized spacial score (nSPS) is 18.2. The summed E-state index contributed by atoms with van der Waals surface area (Å²) in [4.78, 5) is 23.5. The van der Waals surface area contributed by atoms with Gasteiger partial charge < -0.3 is 4.74 Å². The van der Waals surface area contributed by atoms with E-state index in [0.717, 1.165) is 16.7 Å². The number of esters is 1. The molecule has 0 aromatic heterocycles. The molecular weight excluding hydrogens is 330 g/mol. The lowest BCUT2D eigenvalue weighted by molar-refractivity contribution is -0.384. The van der Waals surface area contributed by atoms with Crippen molar-refractivity contribution < 1.29 is 14.5 Å². The molecule has 1 atom stereocenters. The first-order valence-corrected chi connectivity index (χ1v) is 8.22. The van der Waals surface area contributed by atoms with E-state index in [0.29, 0.717) is 12.2 Å². The summed E-state index contributed by atoms with van der Waals surface area (Å²) < 4.78 is 5.56. The van der Waals surface area contributed by atoms with E-state index >= 15 is 0 Å². The minimum atomic E-state index is -0.964. The van der Waals surface area contributed by atoms with Crippen molar-refractivity contribution in [3.05, 3.63) is 106 Å². The minimum Gasteiger partial charge on any atom is -0.425 e. The number of nitro groups is 1. The molecule has 0 saturated heterocycles. The summed E-state index contributed by atoms with van der Waals surface area (Å²) in [6.07, 6.45) is 0.366. The molecule has 0 bridgehead atoms. The topological polar surface area (TPSA) is 69.4 Å². The van der Waals surface area contributed by atoms with Crippen molar-refractivity contribution in [2.45, 2.75) is 11.8 Å². The van der Waals surface area contributed by atoms with Gasteiger partial charge in [0.2, 0.25) is 0 Å². The molecule has 128 valence electrons. The third-order valence-corrected chi connectivity index (χ3v) is 4.78. The summed E-state index contributed by atoms with van der Waals surface area (Å²) in [6, 6.07) is 23.2. The third-order valence-electron chi connectivity index (χ3n) is 4.78. The second-order valence-corrected chi connectivity index (χ2v) is 6.26. The smallest absolute Gasteiger partial charge is 0.326 e. The highest BCUT2D eigenvalue weighted by atomic mass is 16.6. The van der Waals surface area contributed by atoms with E-state index in [9.17, 15) is 14.9 Å². The molecule has 1 heterocycles. The van der Waals surface area contributed by atoms with Crippen LogP contribution in [-0.4, -0.2) is 10.9 Å². The Labute approximate surface area is 150 Å². The van der Waals surface area contributed by atoms with E-state index in [1.54, 1.807) is 18.2 Å². The van der Waals surface area contributed by atoms with Gasteiger partial charge in [-0.2, -0.15) is 0 Å². The first-order chi connectivity index (χ1) is 12.6. The summed E-state index contributed by atoms with van der Waals surface area (Å²) in [6.45, 7) is 0. The Balaban J connectivity index is 1.85. The number of hydrogen-bond donors (Lipinski definition) is 0. The largest absolute Gasteiger partial charge is 0.425 e. The molecule has 0 spiro atoms. The van der Waals surface area contributed by atoms with Gasteiger partial charge in [0.05, 0.1) is 4.92 Å². The number of carbonyl (C=O) groups is 1. The van der Waals surface area contributed by atoms with Crippen molar-refractivity contribution in [1.29, 1.82) is 0 Å². The molecule has 0 aliphatic carbocycles. The Bertz CT molecular complexity index is 982. The van der Waals surface area contributed by atoms with Gasteiger partial charge in [-0.25, -0.2) is 0 Å². The first-order valence-electron chi connectivity index (χ1n) is 8.22. The highest BCUT2D eigenvalue weighted by molar-refractivity contribution is 5.94. The number of nitrogens with zero attached hydrogens (tertiary/aromatic N) is 1. The lowest BCUT2D eigenvalue weighted by atomic mass is 9.71. The monoisotopic (exact) mass is 345 g/mol. The quantitative estimate of drug-likeness (QED) is 0.310. The molecular formula is C21H15NO4. The molecule has 0 saturated carbocycles. The first kappa shape index (κ1) is 16.0. The zero-order valence-electron chi connectivity index (χ0n) is 13.8. The average Bonchev–Trinajstić information content (AvgIpc) is 2.95. The molecule has 3 aromatic rings. The maximum Gasteiger partial charge on any atom is 0.326 e. The van der Waals surface area contributed by atoms with E-state index in [1.165, 1.54) is 12.1 Å². The maximum atomic E-state index is 13.0. The maximum absolute atomic E-state index is 13.0.